The molecular formula is C57H69ClFN9O7. The molecule has 1 unspecified atom stereocenters. The average Bonchev–Trinajstić information content (AvgIpc) is 3.94. The summed E-state index contributed by atoms with van der Waals surface area (Å²) >= 11 is 7.14. The Labute approximate surface area is 442 Å². The van der Waals surface area contributed by atoms with E-state index in [0.717, 1.165) is 69.3 Å². The summed E-state index contributed by atoms with van der Waals surface area (Å²) in [6.07, 6.45) is 1.93. The molecular weight excluding hydrogens is 977 g/mol. The maximum Gasteiger partial charge on any atom is 0.293 e. The molecule has 0 bridgehead atoms. The zero-order chi connectivity index (χ0) is 54.3. The third kappa shape index (κ3) is 12.5. The SMILES string of the molecule is CC.CC(C)(C)OC=O.Cc1nn(C)c(C)c1-c1c(Cl)ccc2c(CCCOc3cccc4cc(F)ccc34)c(C)n(CCN3CCN(C(=O)Cn4c(C)nc5c(C(=O)NC6CCC(=O)NC6=O)cccc54)CC3)c12. The van der Waals surface area contributed by atoms with Crippen LogP contribution in [0.5, 0.6) is 5.75 Å². The number of hydrogen-bond acceptors (Lipinski definition) is 10. The molecule has 2 fully saturated rings. The molecule has 0 aliphatic carbocycles. The number of carbonyl (C=O) groups excluding carboxylic acids is 5. The number of aromatic nitrogens is 5. The molecule has 7 aromatic rings. The van der Waals surface area contributed by atoms with Gasteiger partial charge in [0.25, 0.3) is 12.4 Å². The van der Waals surface area contributed by atoms with E-state index < -0.39 is 17.9 Å². The maximum atomic E-state index is 13.9. The van der Waals surface area contributed by atoms with Crippen LogP contribution in [0.4, 0.5) is 4.39 Å². The number of para-hydroxylation sites is 1. The van der Waals surface area contributed by atoms with Crippen molar-refractivity contribution in [2.75, 3.05) is 39.3 Å². The third-order valence-electron chi connectivity index (χ3n) is 13.8. The first kappa shape index (κ1) is 55.6. The van der Waals surface area contributed by atoms with E-state index in [4.69, 9.17) is 21.4 Å². The van der Waals surface area contributed by atoms with Crippen molar-refractivity contribution in [3.8, 4) is 16.9 Å². The number of benzene rings is 4. The smallest absolute Gasteiger partial charge is 0.293 e. The lowest BCUT2D eigenvalue weighted by Gasteiger charge is -2.35. The Hall–Kier alpha value is -7.11. The molecule has 0 spiro atoms. The summed E-state index contributed by atoms with van der Waals surface area (Å²) in [4.78, 5) is 69.7. The summed E-state index contributed by atoms with van der Waals surface area (Å²) in [5.74, 6) is -0.330. The lowest BCUT2D eigenvalue weighted by molar-refractivity contribution is -0.139. The molecule has 0 saturated carbocycles. The number of imidazole rings is 1. The molecule has 18 heteroatoms. The van der Waals surface area contributed by atoms with Crippen molar-refractivity contribution >= 4 is 74.4 Å². The van der Waals surface area contributed by atoms with Crippen LogP contribution in [0.2, 0.25) is 5.02 Å². The van der Waals surface area contributed by atoms with E-state index in [1.165, 1.54) is 23.4 Å². The number of amides is 4. The molecule has 16 nitrogen and oxygen atoms in total. The number of fused-ring (bicyclic) bond motifs is 3. The molecule has 75 heavy (non-hydrogen) atoms. The number of imide groups is 1. The first-order chi connectivity index (χ1) is 35.8. The number of piperidine rings is 1. The Morgan fingerprint density at radius 1 is 0.907 bits per heavy atom. The van der Waals surface area contributed by atoms with E-state index in [-0.39, 0.29) is 42.6 Å². The Kier molecular flexibility index (Phi) is 17.8. The minimum Gasteiger partial charge on any atom is -0.493 e. The van der Waals surface area contributed by atoms with Crippen LogP contribution in [0.25, 0.3) is 43.8 Å². The van der Waals surface area contributed by atoms with Crippen molar-refractivity contribution in [2.45, 2.75) is 113 Å². The second-order valence-electron chi connectivity index (χ2n) is 19.7. The lowest BCUT2D eigenvalue weighted by Crippen LogP contribution is -2.52. The molecule has 5 heterocycles. The van der Waals surface area contributed by atoms with E-state index in [1.54, 1.807) is 18.2 Å². The van der Waals surface area contributed by atoms with Crippen molar-refractivity contribution in [3.05, 3.63) is 112 Å². The van der Waals surface area contributed by atoms with E-state index in [9.17, 15) is 28.4 Å². The third-order valence-corrected chi connectivity index (χ3v) is 14.1. The lowest BCUT2D eigenvalue weighted by atomic mass is 9.98. The van der Waals surface area contributed by atoms with Gasteiger partial charge in [0.05, 0.1) is 33.9 Å². The standard InChI is InChI=1S/C50H53ClFN9O5.C5H10O2.C2H6/c1-29-45(31(3)57(5)56-29)46-39(51)17-16-37-35(11-8-26-66-42-13-6-9-33-27-34(52)14-15-36(33)42)30(2)60(48(37)46)25-22-58-20-23-59(24-21-58)44(63)28-61-32(4)53-47-38(10-7-12-41(47)61)49(64)54-40-18-19-43(62)55-50(40)65;1-5(2,3)7-4-6;1-2/h6-7,9-10,12-17,27,40H,8,11,18-26,28H2,1-5H3,(H,54,64)(H,55,62,65);4H,1-3H3;1-2H3. The van der Waals surface area contributed by atoms with E-state index in [2.05, 4.69) is 49.7 Å². The molecule has 1 atom stereocenters. The van der Waals surface area contributed by atoms with Gasteiger partial charge in [-0.25, -0.2) is 9.37 Å². The zero-order valence-corrected chi connectivity index (χ0v) is 45.5. The number of hydrogen-bond donors (Lipinski definition) is 2. The quantitative estimate of drug-likeness (QED) is 0.0608. The van der Waals surface area contributed by atoms with Crippen LogP contribution in [0.3, 0.4) is 0 Å². The van der Waals surface area contributed by atoms with Crippen LogP contribution >= 0.6 is 11.6 Å². The van der Waals surface area contributed by atoms with Crippen molar-refractivity contribution in [2.24, 2.45) is 7.05 Å². The van der Waals surface area contributed by atoms with Gasteiger partial charge >= 0.3 is 0 Å². The highest BCUT2D eigenvalue weighted by molar-refractivity contribution is 6.35. The zero-order valence-electron chi connectivity index (χ0n) is 44.7. The van der Waals surface area contributed by atoms with Crippen LogP contribution in [-0.2, 0) is 50.5 Å². The van der Waals surface area contributed by atoms with Gasteiger partial charge in [0.2, 0.25) is 17.7 Å². The summed E-state index contributed by atoms with van der Waals surface area (Å²) in [6.45, 7) is 22.6. The van der Waals surface area contributed by atoms with Crippen LogP contribution in [-0.4, -0.2) is 115 Å². The minimum absolute atomic E-state index is 0.0350. The summed E-state index contributed by atoms with van der Waals surface area (Å²) in [5, 5.41) is 13.3. The molecule has 2 saturated heterocycles. The second-order valence-corrected chi connectivity index (χ2v) is 20.1. The molecule has 4 aromatic carbocycles. The van der Waals surface area contributed by atoms with E-state index in [0.29, 0.717) is 73.2 Å². The predicted molar refractivity (Wildman–Crippen MR) is 290 cm³/mol. The molecule has 2 aliphatic heterocycles. The highest BCUT2D eigenvalue weighted by Gasteiger charge is 2.30. The number of rotatable bonds is 14. The summed E-state index contributed by atoms with van der Waals surface area (Å²) in [5.41, 5.74) is 8.52. The first-order valence-corrected chi connectivity index (χ1v) is 26.0. The van der Waals surface area contributed by atoms with Gasteiger partial charge in [0.15, 0.2) is 0 Å². The number of carbonyl (C=O) groups is 5. The molecule has 398 valence electrons. The topological polar surface area (TPSA) is 175 Å². The van der Waals surface area contributed by atoms with E-state index >= 15 is 0 Å². The van der Waals surface area contributed by atoms with Crippen molar-refractivity contribution in [1.29, 1.82) is 0 Å². The number of ether oxygens (including phenoxy) is 2. The monoisotopic (exact) mass is 1050 g/mol. The minimum atomic E-state index is -0.816. The molecule has 3 aromatic heterocycles. The van der Waals surface area contributed by atoms with Crippen molar-refractivity contribution in [3.63, 3.8) is 0 Å². The summed E-state index contributed by atoms with van der Waals surface area (Å²) in [7, 11) is 1.95. The molecule has 4 amide bonds. The van der Waals surface area contributed by atoms with Gasteiger partial charge in [-0.1, -0.05) is 49.7 Å². The molecule has 0 radical (unpaired) electrons. The van der Waals surface area contributed by atoms with Crippen molar-refractivity contribution in [1.82, 2.24) is 44.3 Å². The average molecular weight is 1050 g/mol. The predicted octanol–water partition coefficient (Wildman–Crippen LogP) is 8.95. The molecule has 2 aliphatic rings. The van der Waals surface area contributed by atoms with Crippen LogP contribution < -0.4 is 15.4 Å². The van der Waals surface area contributed by atoms with Gasteiger partial charge in [-0.05, 0) is 121 Å². The normalized spacial score (nSPS) is 15.0. The number of nitrogens with one attached hydrogen (secondary N) is 2. The summed E-state index contributed by atoms with van der Waals surface area (Å²) in [6, 6.07) is 19.0. The highest BCUT2D eigenvalue weighted by atomic mass is 35.5. The molecule has 2 N–H and O–H groups in total. The van der Waals surface area contributed by atoms with E-state index in [1.807, 2.05) is 100.0 Å². The van der Waals surface area contributed by atoms with Gasteiger partial charge in [0, 0.05) is 86.0 Å². The summed E-state index contributed by atoms with van der Waals surface area (Å²) < 4.78 is 30.9. The number of halogens is 2. The number of nitrogens with zero attached hydrogens (tertiary/aromatic N) is 7. The Bertz CT molecular complexity index is 3250. The maximum absolute atomic E-state index is 13.9. The van der Waals surface area contributed by atoms with Gasteiger partial charge in [-0.15, -0.1) is 0 Å². The van der Waals surface area contributed by atoms with Crippen molar-refractivity contribution < 1.29 is 37.8 Å². The fourth-order valence-corrected chi connectivity index (χ4v) is 10.2. The van der Waals surface area contributed by atoms with Crippen LogP contribution in [0.1, 0.15) is 92.7 Å². The second kappa shape index (κ2) is 24.0. The van der Waals surface area contributed by atoms with Crippen LogP contribution in [0.15, 0.2) is 66.7 Å². The van der Waals surface area contributed by atoms with Gasteiger partial charge in [-0.3, -0.25) is 38.9 Å². The Balaban J connectivity index is 0.000000843. The highest BCUT2D eigenvalue weighted by Crippen LogP contribution is 2.42. The fraction of sp³-hybridized carbons (Fsp3) is 0.421. The number of aryl methyl sites for hydroxylation is 4. The van der Waals surface area contributed by atoms with Gasteiger partial charge < -0.3 is 28.8 Å². The first-order valence-electron chi connectivity index (χ1n) is 25.7. The largest absolute Gasteiger partial charge is 0.493 e. The molecule has 9 rings (SSSR count). The number of piperazine rings is 1. The Morgan fingerprint density at radius 2 is 1.63 bits per heavy atom. The Morgan fingerprint density at radius 3 is 2.29 bits per heavy atom. The van der Waals surface area contributed by atoms with Crippen LogP contribution in [0, 0.1) is 33.5 Å². The fourth-order valence-electron chi connectivity index (χ4n) is 9.92. The van der Waals surface area contributed by atoms with Gasteiger partial charge in [-0.2, -0.15) is 5.10 Å². The van der Waals surface area contributed by atoms with Gasteiger partial charge in [0.1, 0.15) is 41.1 Å².